The van der Waals surface area contributed by atoms with Crippen LogP contribution in [0, 0.1) is 0 Å². The molecule has 0 bridgehead atoms. The molecule has 2 heterocycles. The predicted octanol–water partition coefficient (Wildman–Crippen LogP) is 2.40. The van der Waals surface area contributed by atoms with Gasteiger partial charge in [-0.1, -0.05) is 17.3 Å². The fourth-order valence-corrected chi connectivity index (χ4v) is 4.22. The normalized spacial score (nSPS) is 21.2. The molecule has 1 aromatic heterocycles. The van der Waals surface area contributed by atoms with E-state index in [1.807, 2.05) is 0 Å². The van der Waals surface area contributed by atoms with E-state index in [1.165, 1.54) is 6.21 Å². The second-order valence-electron chi connectivity index (χ2n) is 6.76. The van der Waals surface area contributed by atoms with Gasteiger partial charge in [-0.3, -0.25) is 0 Å². The summed E-state index contributed by atoms with van der Waals surface area (Å²) in [6.45, 7) is 0.496. The molecule has 5 N–H and O–H groups in total. The Morgan fingerprint density at radius 2 is 2.21 bits per heavy atom. The van der Waals surface area contributed by atoms with Crippen LogP contribution in [-0.2, 0) is 11.3 Å². The van der Waals surface area contributed by atoms with Crippen molar-refractivity contribution in [2.24, 2.45) is 10.9 Å². The van der Waals surface area contributed by atoms with Crippen molar-refractivity contribution in [1.82, 2.24) is 5.32 Å². The molecule has 0 radical (unpaired) electrons. The first-order valence-corrected chi connectivity index (χ1v) is 9.86. The highest BCUT2D eigenvalue weighted by Gasteiger charge is 2.32. The van der Waals surface area contributed by atoms with E-state index in [1.54, 1.807) is 18.2 Å². The number of thiophene rings is 1. The lowest BCUT2D eigenvalue weighted by Gasteiger charge is -2.16. The summed E-state index contributed by atoms with van der Waals surface area (Å²) in [7, 11) is 0. The van der Waals surface area contributed by atoms with Gasteiger partial charge in [0, 0.05) is 19.6 Å². The van der Waals surface area contributed by atoms with E-state index in [0.717, 1.165) is 11.3 Å². The maximum atomic E-state index is 13.9. The van der Waals surface area contributed by atoms with Crippen LogP contribution in [0.3, 0.4) is 0 Å². The van der Waals surface area contributed by atoms with Gasteiger partial charge in [0.2, 0.25) is 0 Å². The van der Waals surface area contributed by atoms with Gasteiger partial charge in [-0.15, -0.1) is 11.3 Å². The number of hydrogen-bond donors (Lipinski definition) is 4. The molecule has 29 heavy (non-hydrogen) atoms. The van der Waals surface area contributed by atoms with Crippen LogP contribution in [0.5, 0.6) is 0 Å². The SMILES string of the molecule is NCC(O)CO/N=C/c1sc2c(N[C@@H]3CNC[C@@H]3F)cccc2c1CC(F)(F)F. The number of hydrogen-bond acceptors (Lipinski definition) is 7. The quantitative estimate of drug-likeness (QED) is 0.291. The van der Waals surface area contributed by atoms with Crippen molar-refractivity contribution in [3.63, 3.8) is 0 Å². The fraction of sp³-hybridized carbons (Fsp3) is 0.500. The minimum atomic E-state index is -4.41. The average molecular weight is 434 g/mol. The lowest BCUT2D eigenvalue weighted by molar-refractivity contribution is -0.126. The highest BCUT2D eigenvalue weighted by Crippen LogP contribution is 2.39. The second kappa shape index (κ2) is 9.24. The third-order valence-corrected chi connectivity index (χ3v) is 5.71. The van der Waals surface area contributed by atoms with Gasteiger partial charge in [0.1, 0.15) is 18.9 Å². The zero-order valence-corrected chi connectivity index (χ0v) is 16.2. The van der Waals surface area contributed by atoms with Gasteiger partial charge in [0.15, 0.2) is 0 Å². The molecule has 6 nitrogen and oxygen atoms in total. The summed E-state index contributed by atoms with van der Waals surface area (Å²) in [5.74, 6) is 0. The summed E-state index contributed by atoms with van der Waals surface area (Å²) in [5, 5.41) is 19.5. The molecule has 1 saturated heterocycles. The lowest BCUT2D eigenvalue weighted by Crippen LogP contribution is -2.29. The van der Waals surface area contributed by atoms with Crippen LogP contribution in [0.2, 0.25) is 0 Å². The van der Waals surface area contributed by atoms with E-state index in [0.29, 0.717) is 22.3 Å². The van der Waals surface area contributed by atoms with Gasteiger partial charge in [-0.25, -0.2) is 4.39 Å². The van der Waals surface area contributed by atoms with Crippen molar-refractivity contribution in [2.75, 3.05) is 31.6 Å². The number of nitrogens with one attached hydrogen (secondary N) is 2. The number of rotatable bonds is 8. The summed E-state index contributed by atoms with van der Waals surface area (Å²) in [6.07, 6.45) is -6.32. The van der Waals surface area contributed by atoms with Crippen LogP contribution in [0.25, 0.3) is 10.1 Å². The largest absolute Gasteiger partial charge is 0.393 e. The molecule has 11 heteroatoms. The number of nitrogens with two attached hydrogens (primary N) is 1. The highest BCUT2D eigenvalue weighted by molar-refractivity contribution is 7.21. The highest BCUT2D eigenvalue weighted by atomic mass is 32.1. The molecule has 2 aromatic rings. The Labute approximate surface area is 168 Å². The predicted molar refractivity (Wildman–Crippen MR) is 105 cm³/mol. The summed E-state index contributed by atoms with van der Waals surface area (Å²) in [4.78, 5) is 5.20. The molecule has 0 amide bonds. The number of aliphatic hydroxyl groups is 1. The van der Waals surface area contributed by atoms with E-state index in [9.17, 15) is 22.7 Å². The van der Waals surface area contributed by atoms with E-state index in [2.05, 4.69) is 15.8 Å². The third kappa shape index (κ3) is 5.56. The van der Waals surface area contributed by atoms with Crippen molar-refractivity contribution < 1.29 is 27.5 Å². The van der Waals surface area contributed by atoms with Crippen LogP contribution >= 0.6 is 11.3 Å². The topological polar surface area (TPSA) is 91.9 Å². The zero-order chi connectivity index (χ0) is 21.0. The van der Waals surface area contributed by atoms with E-state index in [-0.39, 0.29) is 30.1 Å². The van der Waals surface area contributed by atoms with Gasteiger partial charge >= 0.3 is 6.18 Å². The number of nitrogens with zero attached hydrogens (tertiary/aromatic N) is 1. The monoisotopic (exact) mass is 434 g/mol. The summed E-state index contributed by atoms with van der Waals surface area (Å²) < 4.78 is 54.0. The molecule has 1 aliphatic rings. The number of benzene rings is 1. The molecule has 1 aromatic carbocycles. The maximum Gasteiger partial charge on any atom is 0.393 e. The Morgan fingerprint density at radius 1 is 1.41 bits per heavy atom. The molecule has 1 fully saturated rings. The average Bonchev–Trinajstić information content (AvgIpc) is 3.22. The van der Waals surface area contributed by atoms with E-state index < -0.39 is 30.9 Å². The molecule has 3 atom stereocenters. The van der Waals surface area contributed by atoms with Gasteiger partial charge < -0.3 is 26.3 Å². The number of anilines is 1. The van der Waals surface area contributed by atoms with Crippen LogP contribution in [-0.4, -0.2) is 62.1 Å². The number of halogens is 4. The molecule has 1 unspecified atom stereocenters. The van der Waals surface area contributed by atoms with Gasteiger partial charge in [0.05, 0.1) is 33.9 Å². The smallest absolute Gasteiger partial charge is 0.393 e. The molecule has 1 aliphatic heterocycles. The van der Waals surface area contributed by atoms with Gasteiger partial charge in [0.25, 0.3) is 0 Å². The molecule has 3 rings (SSSR count). The number of alkyl halides is 4. The Kier molecular flexibility index (Phi) is 6.93. The van der Waals surface area contributed by atoms with Gasteiger partial charge in [-0.05, 0) is 17.0 Å². The Hall–Kier alpha value is -1.95. The van der Waals surface area contributed by atoms with E-state index >= 15 is 0 Å². The Balaban J connectivity index is 1.92. The lowest BCUT2D eigenvalue weighted by atomic mass is 10.1. The molecule has 0 spiro atoms. The molecule has 0 aliphatic carbocycles. The third-order valence-electron chi connectivity index (χ3n) is 4.49. The zero-order valence-electron chi connectivity index (χ0n) is 15.4. The molecular weight excluding hydrogens is 412 g/mol. The summed E-state index contributed by atoms with van der Waals surface area (Å²) in [6, 6.07) is 4.51. The molecular formula is C18H22F4N4O2S. The number of fused-ring (bicyclic) bond motifs is 1. The first-order valence-electron chi connectivity index (χ1n) is 9.04. The summed E-state index contributed by atoms with van der Waals surface area (Å²) >= 11 is 1.12. The van der Waals surface area contributed by atoms with Crippen LogP contribution in [0.4, 0.5) is 23.2 Å². The standard InChI is InChI=1S/C18H22F4N4O2S/c19-13-6-24-7-15(13)26-14-3-1-2-11-12(4-18(20,21)22)16(29-17(11)14)8-25-28-9-10(27)5-23/h1-3,8,10,13,15,24,26-27H,4-7,9,23H2/b25-8+/t10?,13-,15+/m0/s1. The second-order valence-corrected chi connectivity index (χ2v) is 7.82. The van der Waals surface area contributed by atoms with Crippen molar-refractivity contribution in [3.8, 4) is 0 Å². The number of oxime groups is 1. The molecule has 160 valence electrons. The van der Waals surface area contributed by atoms with Crippen molar-refractivity contribution in [2.45, 2.75) is 30.9 Å². The maximum absolute atomic E-state index is 13.9. The minimum absolute atomic E-state index is 0.0155. The van der Waals surface area contributed by atoms with Crippen LogP contribution in [0.15, 0.2) is 23.4 Å². The number of aliphatic hydroxyl groups excluding tert-OH is 1. The van der Waals surface area contributed by atoms with Crippen molar-refractivity contribution in [3.05, 3.63) is 28.6 Å². The summed E-state index contributed by atoms with van der Waals surface area (Å²) in [5.41, 5.74) is 5.91. The fourth-order valence-electron chi connectivity index (χ4n) is 3.06. The van der Waals surface area contributed by atoms with Crippen LogP contribution < -0.4 is 16.4 Å². The minimum Gasteiger partial charge on any atom is -0.393 e. The molecule has 0 saturated carbocycles. The Morgan fingerprint density at radius 3 is 2.86 bits per heavy atom. The van der Waals surface area contributed by atoms with Crippen molar-refractivity contribution in [1.29, 1.82) is 0 Å². The van der Waals surface area contributed by atoms with E-state index in [4.69, 9.17) is 10.6 Å². The Bertz CT molecular complexity index is 858. The first kappa shape index (κ1) is 21.8. The van der Waals surface area contributed by atoms with Gasteiger partial charge in [-0.2, -0.15) is 13.2 Å². The first-order chi connectivity index (χ1) is 13.8. The van der Waals surface area contributed by atoms with Crippen LogP contribution in [0.1, 0.15) is 10.4 Å². The van der Waals surface area contributed by atoms with Crippen molar-refractivity contribution >= 4 is 33.3 Å².